The lowest BCUT2D eigenvalue weighted by atomic mass is 10.0. The zero-order valence-corrected chi connectivity index (χ0v) is 19.2. The van der Waals surface area contributed by atoms with Crippen LogP contribution in [0.1, 0.15) is 37.7 Å². The summed E-state index contributed by atoms with van der Waals surface area (Å²) < 4.78 is 4.32. The molecule has 1 aliphatic rings. The Morgan fingerprint density at radius 1 is 1.29 bits per heavy atom. The highest BCUT2D eigenvalue weighted by Gasteiger charge is 2.31. The summed E-state index contributed by atoms with van der Waals surface area (Å²) in [6.45, 7) is 1.98. The molecule has 1 aromatic carbocycles. The third-order valence-corrected chi connectivity index (χ3v) is 6.51. The van der Waals surface area contributed by atoms with E-state index in [2.05, 4.69) is 43.0 Å². The van der Waals surface area contributed by atoms with Gasteiger partial charge in [-0.2, -0.15) is 5.10 Å². The number of anilines is 2. The molecule has 9 nitrogen and oxygen atoms in total. The van der Waals surface area contributed by atoms with Crippen LogP contribution in [0.15, 0.2) is 41.7 Å². The first-order valence-electron chi connectivity index (χ1n) is 10.0. The van der Waals surface area contributed by atoms with E-state index < -0.39 is 0 Å². The maximum absolute atomic E-state index is 13.7. The molecule has 31 heavy (non-hydrogen) atoms. The van der Waals surface area contributed by atoms with Crippen molar-refractivity contribution in [3.8, 4) is 11.1 Å². The molecule has 0 saturated heterocycles. The monoisotopic (exact) mass is 528 g/mol. The van der Waals surface area contributed by atoms with E-state index >= 15 is 0 Å². The van der Waals surface area contributed by atoms with Crippen molar-refractivity contribution in [1.29, 1.82) is 0 Å². The highest BCUT2D eigenvalue weighted by Crippen LogP contribution is 2.37. The van der Waals surface area contributed by atoms with E-state index in [0.717, 1.165) is 27.5 Å². The molecule has 1 atom stereocenters. The van der Waals surface area contributed by atoms with E-state index in [4.69, 9.17) is 10.7 Å². The average Bonchev–Trinajstić information content (AvgIpc) is 3.50. The van der Waals surface area contributed by atoms with Gasteiger partial charge >= 0.3 is 0 Å². The lowest BCUT2D eigenvalue weighted by Gasteiger charge is -2.21. The van der Waals surface area contributed by atoms with Crippen molar-refractivity contribution in [2.45, 2.75) is 31.8 Å². The molecule has 3 heterocycles. The fourth-order valence-corrected chi connectivity index (χ4v) is 4.24. The Morgan fingerprint density at radius 3 is 2.81 bits per heavy atom. The molecule has 0 amide bonds. The minimum absolute atomic E-state index is 0.0208. The van der Waals surface area contributed by atoms with Gasteiger partial charge in [-0.1, -0.05) is 12.1 Å². The Balaban J connectivity index is 1.66. The van der Waals surface area contributed by atoms with Crippen molar-refractivity contribution in [1.82, 2.24) is 29.3 Å². The molecule has 0 aliphatic heterocycles. The fraction of sp³-hybridized carbons (Fsp3) is 0.286. The Bertz CT molecular complexity index is 1360. The molecule has 0 bridgehead atoms. The van der Waals surface area contributed by atoms with Crippen molar-refractivity contribution in [3.05, 3.63) is 56.7 Å². The van der Waals surface area contributed by atoms with Crippen molar-refractivity contribution in [3.63, 3.8) is 0 Å². The number of nitrogens with zero attached hydrogens (tertiary/aromatic N) is 6. The number of hydrogen-bond donors (Lipinski definition) is 2. The van der Waals surface area contributed by atoms with Gasteiger partial charge in [0.15, 0.2) is 0 Å². The molecule has 1 aliphatic carbocycles. The number of aryl methyl sites for hydroxylation is 1. The minimum atomic E-state index is -0.248. The highest BCUT2D eigenvalue weighted by atomic mass is 127. The second-order valence-corrected chi connectivity index (χ2v) is 8.84. The van der Waals surface area contributed by atoms with E-state index in [9.17, 15) is 4.79 Å². The van der Waals surface area contributed by atoms with Crippen LogP contribution in [0, 0.1) is 3.57 Å². The van der Waals surface area contributed by atoms with Crippen LogP contribution >= 0.6 is 22.6 Å². The number of nitrogens with one attached hydrogen (secondary N) is 1. The number of nitrogen functional groups attached to an aromatic ring is 1. The first-order chi connectivity index (χ1) is 14.9. The van der Waals surface area contributed by atoms with Crippen LogP contribution in [-0.2, 0) is 7.05 Å². The molecule has 1 fully saturated rings. The first-order valence-corrected chi connectivity index (χ1v) is 11.1. The van der Waals surface area contributed by atoms with Gasteiger partial charge in [0.05, 0.1) is 26.7 Å². The van der Waals surface area contributed by atoms with Crippen molar-refractivity contribution >= 4 is 45.1 Å². The summed E-state index contributed by atoms with van der Waals surface area (Å²) >= 11 is 2.12. The third kappa shape index (κ3) is 3.54. The van der Waals surface area contributed by atoms with E-state index in [-0.39, 0.29) is 17.6 Å². The molecule has 158 valence electrons. The zero-order chi connectivity index (χ0) is 21.7. The van der Waals surface area contributed by atoms with Gasteiger partial charge in [0, 0.05) is 24.8 Å². The van der Waals surface area contributed by atoms with Crippen LogP contribution in [0.2, 0.25) is 0 Å². The van der Waals surface area contributed by atoms with Gasteiger partial charge in [0.25, 0.3) is 5.56 Å². The van der Waals surface area contributed by atoms with Crippen LogP contribution in [0.25, 0.3) is 22.0 Å². The normalized spacial score (nSPS) is 14.7. The number of nitrogens with two attached hydrogens (primary N) is 1. The predicted molar refractivity (Wildman–Crippen MR) is 128 cm³/mol. The van der Waals surface area contributed by atoms with Gasteiger partial charge in [-0.05, 0) is 54.0 Å². The van der Waals surface area contributed by atoms with E-state index in [0.29, 0.717) is 28.4 Å². The maximum Gasteiger partial charge on any atom is 0.262 e. The minimum Gasteiger partial charge on any atom is -0.383 e. The number of halogens is 1. The molecular weight excluding hydrogens is 507 g/mol. The molecule has 0 unspecified atom stereocenters. The molecular formula is C21H21IN8O. The number of rotatable bonds is 5. The van der Waals surface area contributed by atoms with Gasteiger partial charge in [-0.25, -0.2) is 15.0 Å². The Hall–Kier alpha value is -3.02. The molecule has 5 rings (SSSR count). The summed E-state index contributed by atoms with van der Waals surface area (Å²) in [7, 11) is 1.86. The number of aromatic nitrogens is 6. The lowest BCUT2D eigenvalue weighted by Crippen LogP contribution is -2.28. The summed E-state index contributed by atoms with van der Waals surface area (Å²) in [5.41, 5.74) is 8.32. The molecule has 0 radical (unpaired) electrons. The van der Waals surface area contributed by atoms with Crippen LogP contribution in [-0.4, -0.2) is 29.3 Å². The Labute approximate surface area is 191 Å². The molecule has 4 aromatic rings. The molecule has 3 aromatic heterocycles. The fourth-order valence-electron chi connectivity index (χ4n) is 3.81. The summed E-state index contributed by atoms with van der Waals surface area (Å²) in [5, 5.41) is 8.24. The average molecular weight is 528 g/mol. The van der Waals surface area contributed by atoms with Crippen molar-refractivity contribution in [2.24, 2.45) is 7.05 Å². The third-order valence-electron chi connectivity index (χ3n) is 5.44. The summed E-state index contributed by atoms with van der Waals surface area (Å²) in [5.74, 6) is 1.73. The van der Waals surface area contributed by atoms with Crippen LogP contribution in [0.5, 0.6) is 0 Å². The van der Waals surface area contributed by atoms with E-state index in [1.807, 2.05) is 42.9 Å². The van der Waals surface area contributed by atoms with Crippen molar-refractivity contribution < 1.29 is 0 Å². The van der Waals surface area contributed by atoms with Crippen LogP contribution in [0.4, 0.5) is 11.6 Å². The quantitative estimate of drug-likeness (QED) is 0.382. The lowest BCUT2D eigenvalue weighted by molar-refractivity contribution is 0.609. The van der Waals surface area contributed by atoms with Crippen LogP contribution < -0.4 is 16.6 Å². The predicted octanol–water partition coefficient (Wildman–Crippen LogP) is 3.28. The van der Waals surface area contributed by atoms with E-state index in [1.54, 1.807) is 10.9 Å². The van der Waals surface area contributed by atoms with Gasteiger partial charge in [-0.3, -0.25) is 14.0 Å². The van der Waals surface area contributed by atoms with Gasteiger partial charge < -0.3 is 11.1 Å². The molecule has 1 saturated carbocycles. The largest absolute Gasteiger partial charge is 0.383 e. The van der Waals surface area contributed by atoms with Gasteiger partial charge in [0.2, 0.25) is 0 Å². The number of fused-ring (bicyclic) bond motifs is 1. The molecule has 3 N–H and O–H groups in total. The summed E-state index contributed by atoms with van der Waals surface area (Å²) in [4.78, 5) is 27.0. The Morgan fingerprint density at radius 2 is 2.10 bits per heavy atom. The standard InChI is InChI=1S/C21H21IN8O/c1-11(27-19-17(22)18(23)24-10-25-19)20-28-15-5-3-4-14(12-8-26-29(2)9-12)16(15)21(31)30(20)13-6-7-13/h3-5,8-11,13H,6-7H2,1-2H3,(H3,23,24,25,27)/t11-/m0/s1. The van der Waals surface area contributed by atoms with Gasteiger partial charge in [0.1, 0.15) is 23.8 Å². The highest BCUT2D eigenvalue weighted by molar-refractivity contribution is 14.1. The second kappa shape index (κ2) is 7.59. The molecule has 10 heteroatoms. The van der Waals surface area contributed by atoms with Crippen LogP contribution in [0.3, 0.4) is 0 Å². The maximum atomic E-state index is 13.7. The van der Waals surface area contributed by atoms with E-state index in [1.165, 1.54) is 6.33 Å². The Kier molecular flexibility index (Phi) is 4.88. The first kappa shape index (κ1) is 19.9. The van der Waals surface area contributed by atoms with Gasteiger partial charge in [-0.15, -0.1) is 0 Å². The second-order valence-electron chi connectivity index (χ2n) is 7.77. The number of hydrogen-bond acceptors (Lipinski definition) is 7. The summed E-state index contributed by atoms with van der Waals surface area (Å²) in [6, 6.07) is 5.68. The summed E-state index contributed by atoms with van der Waals surface area (Å²) in [6.07, 6.45) is 7.05. The van der Waals surface area contributed by atoms with Crippen molar-refractivity contribution in [2.75, 3.05) is 11.1 Å². The molecule has 0 spiro atoms. The smallest absolute Gasteiger partial charge is 0.262 e. The SMILES string of the molecule is C[C@H](Nc1ncnc(N)c1I)c1nc2cccc(-c3cnn(C)c3)c2c(=O)n1C1CC1. The zero-order valence-electron chi connectivity index (χ0n) is 17.1. The number of benzene rings is 1. The topological polar surface area (TPSA) is 117 Å².